The first-order chi connectivity index (χ1) is 40.9. The van der Waals surface area contributed by atoms with Crippen molar-refractivity contribution < 1.29 is 80.2 Å². The van der Waals surface area contributed by atoms with Crippen LogP contribution >= 0.6 is 15.6 Å². The number of hydrogen-bond acceptors (Lipinski definition) is 15. The van der Waals surface area contributed by atoms with Gasteiger partial charge in [0.1, 0.15) is 19.3 Å². The van der Waals surface area contributed by atoms with Crippen molar-refractivity contribution in [2.45, 2.75) is 349 Å². The molecule has 0 aliphatic heterocycles. The second-order valence-corrected chi connectivity index (χ2v) is 27.7. The van der Waals surface area contributed by atoms with E-state index in [0.29, 0.717) is 37.5 Å². The molecule has 0 aliphatic carbocycles. The molecule has 0 radical (unpaired) electrons. The lowest BCUT2D eigenvalue weighted by atomic mass is 10.0. The first-order valence-corrected chi connectivity index (χ1v) is 37.5. The Morgan fingerprint density at radius 1 is 0.318 bits per heavy atom. The van der Waals surface area contributed by atoms with Gasteiger partial charge < -0.3 is 33.8 Å². The third-order valence-corrected chi connectivity index (χ3v) is 17.1. The van der Waals surface area contributed by atoms with Crippen LogP contribution in [0, 0.1) is 11.8 Å². The predicted molar refractivity (Wildman–Crippen MR) is 340 cm³/mol. The average molecular weight is 1260 g/mol. The maximum Gasteiger partial charge on any atom is 0.472 e. The van der Waals surface area contributed by atoms with Gasteiger partial charge in [-0.1, -0.05) is 279 Å². The number of unbranched alkanes of at least 4 members (excludes halogenated alkanes) is 35. The van der Waals surface area contributed by atoms with Gasteiger partial charge >= 0.3 is 39.5 Å². The molecule has 0 aromatic heterocycles. The molecule has 0 bridgehead atoms. The molecule has 17 nitrogen and oxygen atoms in total. The van der Waals surface area contributed by atoms with Crippen molar-refractivity contribution in [2.75, 3.05) is 39.6 Å². The maximum atomic E-state index is 13.0. The summed E-state index contributed by atoms with van der Waals surface area (Å²) in [6.07, 6.45) is 42.1. The van der Waals surface area contributed by atoms with Crippen LogP contribution in [0.15, 0.2) is 0 Å². The Bertz CT molecular complexity index is 1670. The van der Waals surface area contributed by atoms with Crippen LogP contribution < -0.4 is 0 Å². The predicted octanol–water partition coefficient (Wildman–Crippen LogP) is 18.4. The van der Waals surface area contributed by atoms with E-state index in [1.165, 1.54) is 128 Å². The summed E-state index contributed by atoms with van der Waals surface area (Å²) in [5, 5.41) is 10.5. The number of phosphoric ester groups is 2. The summed E-state index contributed by atoms with van der Waals surface area (Å²) in [5.74, 6) is -0.737. The highest BCUT2D eigenvalue weighted by molar-refractivity contribution is 7.47. The van der Waals surface area contributed by atoms with Crippen molar-refractivity contribution >= 4 is 39.5 Å². The quantitative estimate of drug-likeness (QED) is 0.0222. The minimum absolute atomic E-state index is 0.103. The van der Waals surface area contributed by atoms with Gasteiger partial charge in [0.25, 0.3) is 0 Å². The van der Waals surface area contributed by atoms with Crippen molar-refractivity contribution in [3.05, 3.63) is 0 Å². The molecule has 0 saturated heterocycles. The van der Waals surface area contributed by atoms with Gasteiger partial charge in [-0.15, -0.1) is 0 Å². The first-order valence-electron chi connectivity index (χ1n) is 34.5. The second kappa shape index (κ2) is 58.4. The molecule has 0 aliphatic rings. The molecule has 0 rings (SSSR count). The summed E-state index contributed by atoms with van der Waals surface area (Å²) in [6, 6.07) is 0. The fourth-order valence-electron chi connectivity index (χ4n) is 9.88. The molecular formula is C66H128O17P2. The third-order valence-electron chi connectivity index (χ3n) is 15.2. The molecule has 0 fully saturated rings. The Morgan fingerprint density at radius 3 is 0.800 bits per heavy atom. The van der Waals surface area contributed by atoms with E-state index in [2.05, 4.69) is 41.5 Å². The molecule has 85 heavy (non-hydrogen) atoms. The zero-order chi connectivity index (χ0) is 62.9. The van der Waals surface area contributed by atoms with Crippen LogP contribution in [0.4, 0.5) is 0 Å². The highest BCUT2D eigenvalue weighted by Crippen LogP contribution is 2.45. The van der Waals surface area contributed by atoms with Crippen LogP contribution in [-0.4, -0.2) is 96.7 Å². The van der Waals surface area contributed by atoms with Gasteiger partial charge in [0.05, 0.1) is 26.4 Å². The van der Waals surface area contributed by atoms with E-state index in [-0.39, 0.29) is 25.7 Å². The molecule has 0 saturated carbocycles. The van der Waals surface area contributed by atoms with E-state index in [1.54, 1.807) is 0 Å². The van der Waals surface area contributed by atoms with Crippen LogP contribution in [0.2, 0.25) is 0 Å². The lowest BCUT2D eigenvalue weighted by Gasteiger charge is -2.21. The molecule has 0 heterocycles. The van der Waals surface area contributed by atoms with E-state index in [4.69, 9.17) is 37.0 Å². The maximum absolute atomic E-state index is 13.0. The largest absolute Gasteiger partial charge is 0.472 e. The Balaban J connectivity index is 5.16. The first kappa shape index (κ1) is 83.1. The normalized spacial score (nSPS) is 14.2. The number of phosphoric acid groups is 2. The van der Waals surface area contributed by atoms with E-state index in [0.717, 1.165) is 109 Å². The summed E-state index contributed by atoms with van der Waals surface area (Å²) in [6.45, 7) is 9.35. The molecule has 5 atom stereocenters. The van der Waals surface area contributed by atoms with Gasteiger partial charge in [-0.2, -0.15) is 0 Å². The number of aliphatic hydroxyl groups is 1. The molecule has 0 amide bonds. The second-order valence-electron chi connectivity index (χ2n) is 24.8. The number of ether oxygens (including phenoxy) is 4. The summed E-state index contributed by atoms with van der Waals surface area (Å²) >= 11 is 0. The molecule has 0 aromatic rings. The van der Waals surface area contributed by atoms with Crippen LogP contribution in [-0.2, 0) is 65.4 Å². The van der Waals surface area contributed by atoms with E-state index in [9.17, 15) is 43.2 Å². The van der Waals surface area contributed by atoms with E-state index < -0.39 is 97.5 Å². The minimum Gasteiger partial charge on any atom is -0.462 e. The monoisotopic (exact) mass is 1250 g/mol. The van der Waals surface area contributed by atoms with Gasteiger partial charge in [0.15, 0.2) is 12.2 Å². The number of hydrogen-bond donors (Lipinski definition) is 3. The summed E-state index contributed by atoms with van der Waals surface area (Å²) < 4.78 is 68.0. The lowest BCUT2D eigenvalue weighted by molar-refractivity contribution is -0.161. The molecule has 504 valence electrons. The summed E-state index contributed by atoms with van der Waals surface area (Å²) in [4.78, 5) is 72.1. The Labute approximate surface area is 517 Å². The highest BCUT2D eigenvalue weighted by atomic mass is 31.2. The molecular weight excluding hydrogens is 1130 g/mol. The van der Waals surface area contributed by atoms with Crippen LogP contribution in [0.3, 0.4) is 0 Å². The molecule has 3 N–H and O–H groups in total. The van der Waals surface area contributed by atoms with Gasteiger partial charge in [-0.05, 0) is 37.5 Å². The molecule has 2 unspecified atom stereocenters. The van der Waals surface area contributed by atoms with E-state index in [1.807, 2.05) is 0 Å². The van der Waals surface area contributed by atoms with Crippen molar-refractivity contribution in [1.29, 1.82) is 0 Å². The number of aliphatic hydroxyl groups excluding tert-OH is 1. The zero-order valence-corrected chi connectivity index (χ0v) is 56.7. The third kappa shape index (κ3) is 60.7. The van der Waals surface area contributed by atoms with Crippen molar-refractivity contribution in [3.8, 4) is 0 Å². The van der Waals surface area contributed by atoms with Crippen LogP contribution in [0.1, 0.15) is 330 Å². The molecule has 0 spiro atoms. The molecule has 19 heteroatoms. The fourth-order valence-corrected chi connectivity index (χ4v) is 11.5. The Kier molecular flexibility index (Phi) is 57.1. The van der Waals surface area contributed by atoms with Crippen molar-refractivity contribution in [2.24, 2.45) is 11.8 Å². The topological polar surface area (TPSA) is 237 Å². The van der Waals surface area contributed by atoms with Crippen LogP contribution in [0.25, 0.3) is 0 Å². The zero-order valence-electron chi connectivity index (χ0n) is 54.9. The van der Waals surface area contributed by atoms with Gasteiger partial charge in [0.2, 0.25) is 0 Å². The number of carbonyl (C=O) groups is 4. The van der Waals surface area contributed by atoms with E-state index >= 15 is 0 Å². The highest BCUT2D eigenvalue weighted by Gasteiger charge is 2.30. The van der Waals surface area contributed by atoms with Gasteiger partial charge in [0, 0.05) is 25.7 Å². The minimum atomic E-state index is -4.95. The summed E-state index contributed by atoms with van der Waals surface area (Å²) in [7, 11) is -9.89. The number of carbonyl (C=O) groups excluding carboxylic acids is 4. The van der Waals surface area contributed by atoms with Gasteiger partial charge in [-0.25, -0.2) is 9.13 Å². The van der Waals surface area contributed by atoms with Crippen LogP contribution in [0.5, 0.6) is 0 Å². The standard InChI is InChI=1S/C66H128O17P2/c1-7-9-11-13-15-16-17-18-19-20-21-22-23-24-25-31-38-44-50-65(70)82-62(55-77-64(69)49-43-37-32-26-29-34-40-46-58(3)4)57-81-85(74,75)79-53-60(67)52-78-84(72,73)80-56-61(54-76-63(68)48-42-36-28-14-12-10-8-2)83-66(71)51-45-39-33-27-30-35-41-47-59(5)6/h58-62,67H,7-57H2,1-6H3,(H,72,73)(H,74,75)/t60-,61+,62+/m0/s1. The SMILES string of the molecule is CCCCCCCCCCCCCCCCCCCCC(=O)O[C@H](COC(=O)CCCCCCCCCC(C)C)COP(=O)(O)OC[C@@H](O)COP(=O)(O)OC[C@@H](COC(=O)CCCCCCCCC)OC(=O)CCCCCCCCCC(C)C. The Hall–Kier alpha value is -1.94. The summed E-state index contributed by atoms with van der Waals surface area (Å²) in [5.41, 5.74) is 0. The van der Waals surface area contributed by atoms with Gasteiger partial charge in [-0.3, -0.25) is 37.3 Å². The molecule has 0 aromatic carbocycles. The number of rotatable bonds is 65. The lowest BCUT2D eigenvalue weighted by Crippen LogP contribution is -2.30. The average Bonchev–Trinajstić information content (AvgIpc) is 3.54. The van der Waals surface area contributed by atoms with Crippen molar-refractivity contribution in [1.82, 2.24) is 0 Å². The number of esters is 4. The van der Waals surface area contributed by atoms with Crippen molar-refractivity contribution in [3.63, 3.8) is 0 Å². The smallest absolute Gasteiger partial charge is 0.462 e. The Morgan fingerprint density at radius 2 is 0.541 bits per heavy atom. The fraction of sp³-hybridized carbons (Fsp3) is 0.939.